The number of carbonyl (C=O) groups excluding carboxylic acids is 1. The van der Waals surface area contributed by atoms with E-state index >= 15 is 0 Å². The van der Waals surface area contributed by atoms with Gasteiger partial charge >= 0.3 is 12.1 Å². The van der Waals surface area contributed by atoms with Gasteiger partial charge in [0.1, 0.15) is 6.04 Å². The minimum atomic E-state index is -5.06. The smallest absolute Gasteiger partial charge is 0.422 e. The molecule has 2 aliphatic rings. The molecule has 2 aliphatic heterocycles. The molecule has 3 rings (SSSR count). The minimum absolute atomic E-state index is 0.103. The number of hydrogen-bond donors (Lipinski definition) is 1. The Bertz CT molecular complexity index is 621. The van der Waals surface area contributed by atoms with Gasteiger partial charge in [-0.25, -0.2) is 4.79 Å². The second-order valence-corrected chi connectivity index (χ2v) is 5.55. The third kappa shape index (κ3) is 2.32. The summed E-state index contributed by atoms with van der Waals surface area (Å²) in [6.07, 6.45) is -6.73. The molecule has 0 saturated carbocycles. The summed E-state index contributed by atoms with van der Waals surface area (Å²) in [4.78, 5) is 17.1. The van der Waals surface area contributed by atoms with E-state index in [0.29, 0.717) is 17.5 Å². The molecule has 8 heteroatoms. The van der Waals surface area contributed by atoms with Crippen LogP contribution in [0.5, 0.6) is 0 Å². The van der Waals surface area contributed by atoms with Crippen molar-refractivity contribution in [3.8, 4) is 0 Å². The fourth-order valence-corrected chi connectivity index (χ4v) is 3.22. The fraction of sp³-hybridized carbons (Fsp3) is 0.533. The maximum absolute atomic E-state index is 13.7. The monoisotopic (exact) mass is 331 g/mol. The van der Waals surface area contributed by atoms with E-state index in [4.69, 9.17) is 4.84 Å². The molecule has 1 saturated heterocycles. The molecular weight excluding hydrogens is 315 g/mol. The lowest BCUT2D eigenvalue weighted by Crippen LogP contribution is -2.58. The number of fused-ring (bicyclic) bond motifs is 3. The number of ether oxygens (including phenoxy) is 1. The van der Waals surface area contributed by atoms with Crippen molar-refractivity contribution in [1.29, 1.82) is 0 Å². The summed E-state index contributed by atoms with van der Waals surface area (Å²) in [5.74, 6) is -1.22. The third-order valence-electron chi connectivity index (χ3n) is 4.25. The Morgan fingerprint density at radius 1 is 1.48 bits per heavy atom. The highest BCUT2D eigenvalue weighted by Crippen LogP contribution is 2.53. The van der Waals surface area contributed by atoms with Crippen LogP contribution in [0.1, 0.15) is 24.1 Å². The van der Waals surface area contributed by atoms with E-state index in [2.05, 4.69) is 4.74 Å². The summed E-state index contributed by atoms with van der Waals surface area (Å²) >= 11 is 0. The zero-order valence-corrected chi connectivity index (χ0v) is 12.3. The average Bonchev–Trinajstić information content (AvgIpc) is 2.82. The Labute approximate surface area is 130 Å². The number of halogens is 3. The highest BCUT2D eigenvalue weighted by molar-refractivity contribution is 5.77. The first-order valence-electron chi connectivity index (χ1n) is 7.27. The fourth-order valence-electron chi connectivity index (χ4n) is 3.22. The van der Waals surface area contributed by atoms with E-state index in [1.165, 1.54) is 13.0 Å². The van der Waals surface area contributed by atoms with Crippen molar-refractivity contribution < 1.29 is 32.6 Å². The summed E-state index contributed by atoms with van der Waals surface area (Å²) in [7, 11) is 0. The number of hydrogen-bond acceptors (Lipinski definition) is 5. The Hall–Kier alpha value is -1.64. The Morgan fingerprint density at radius 2 is 2.17 bits per heavy atom. The molecule has 1 aromatic carbocycles. The summed E-state index contributed by atoms with van der Waals surface area (Å²) < 4.78 is 45.7. The normalized spacial score (nSPS) is 30.7. The molecule has 1 N–H and O–H groups in total. The van der Waals surface area contributed by atoms with Crippen LogP contribution in [0, 0.1) is 0 Å². The standard InChI is InChI=1S/C15H16F3NO4/c1-2-22-13(20)12-14(21,15(16,17)18)11-10-6-4-3-5-9(10)7-8-19(11)23-12/h3-6,11-12,21H,2,7-8H2,1H3/t11-,12+,14+/m0/s1. The van der Waals surface area contributed by atoms with Crippen LogP contribution in [0.4, 0.5) is 13.2 Å². The summed E-state index contributed by atoms with van der Waals surface area (Å²) in [5, 5.41) is 11.6. The van der Waals surface area contributed by atoms with Gasteiger partial charge in [-0.2, -0.15) is 18.2 Å². The molecule has 0 aliphatic carbocycles. The van der Waals surface area contributed by atoms with Gasteiger partial charge in [-0.1, -0.05) is 24.3 Å². The van der Waals surface area contributed by atoms with E-state index in [1.807, 2.05) is 0 Å². The maximum Gasteiger partial charge on any atom is 0.422 e. The van der Waals surface area contributed by atoms with Crippen molar-refractivity contribution in [2.45, 2.75) is 37.3 Å². The molecule has 0 spiro atoms. The van der Waals surface area contributed by atoms with Crippen LogP contribution in [0.3, 0.4) is 0 Å². The van der Waals surface area contributed by atoms with Crippen molar-refractivity contribution >= 4 is 5.97 Å². The van der Waals surface area contributed by atoms with Gasteiger partial charge < -0.3 is 9.84 Å². The molecule has 0 unspecified atom stereocenters. The van der Waals surface area contributed by atoms with Crippen LogP contribution in [0.15, 0.2) is 24.3 Å². The zero-order valence-electron chi connectivity index (χ0n) is 12.3. The molecule has 23 heavy (non-hydrogen) atoms. The number of alkyl halides is 3. The zero-order chi connectivity index (χ0) is 16.8. The Balaban J connectivity index is 2.11. The molecule has 0 amide bonds. The first kappa shape index (κ1) is 16.2. The Morgan fingerprint density at radius 3 is 2.83 bits per heavy atom. The van der Waals surface area contributed by atoms with E-state index in [-0.39, 0.29) is 13.2 Å². The summed E-state index contributed by atoms with van der Waals surface area (Å²) in [6.45, 7) is 1.52. The van der Waals surface area contributed by atoms with Crippen LogP contribution < -0.4 is 0 Å². The van der Waals surface area contributed by atoms with Crippen LogP contribution in [-0.2, 0) is 20.8 Å². The van der Waals surface area contributed by atoms with Crippen molar-refractivity contribution in [2.24, 2.45) is 0 Å². The van der Waals surface area contributed by atoms with Gasteiger partial charge in [0.25, 0.3) is 0 Å². The SMILES string of the molecule is CCOC(=O)[C@H]1ON2CCc3ccccc3[C@H]2[C@]1(O)C(F)(F)F. The molecule has 1 aromatic rings. The van der Waals surface area contributed by atoms with Gasteiger partial charge in [-0.3, -0.25) is 4.84 Å². The highest BCUT2D eigenvalue weighted by atomic mass is 19.4. The average molecular weight is 331 g/mol. The number of aliphatic hydroxyl groups is 1. The first-order valence-corrected chi connectivity index (χ1v) is 7.27. The predicted molar refractivity (Wildman–Crippen MR) is 72.1 cm³/mol. The van der Waals surface area contributed by atoms with Crippen LogP contribution in [-0.4, -0.2) is 47.2 Å². The number of rotatable bonds is 2. The minimum Gasteiger partial charge on any atom is -0.464 e. The summed E-state index contributed by atoms with van der Waals surface area (Å²) in [6, 6.07) is 5.04. The van der Waals surface area contributed by atoms with Gasteiger partial charge in [0.05, 0.1) is 6.61 Å². The molecule has 0 aromatic heterocycles. The lowest BCUT2D eigenvalue weighted by molar-refractivity contribution is -0.278. The largest absolute Gasteiger partial charge is 0.464 e. The van der Waals surface area contributed by atoms with Gasteiger partial charge in [0.15, 0.2) is 0 Å². The number of benzene rings is 1. The van der Waals surface area contributed by atoms with E-state index in [1.54, 1.807) is 18.2 Å². The van der Waals surface area contributed by atoms with Crippen molar-refractivity contribution in [3.63, 3.8) is 0 Å². The molecule has 0 radical (unpaired) electrons. The number of esters is 1. The first-order chi connectivity index (χ1) is 10.8. The lowest BCUT2D eigenvalue weighted by atomic mass is 9.80. The number of nitrogens with zero attached hydrogens (tertiary/aromatic N) is 1. The Kier molecular flexibility index (Phi) is 3.86. The van der Waals surface area contributed by atoms with Gasteiger partial charge in [-0.15, -0.1) is 0 Å². The van der Waals surface area contributed by atoms with Crippen LogP contribution in [0.2, 0.25) is 0 Å². The molecular formula is C15H16F3NO4. The molecule has 5 nitrogen and oxygen atoms in total. The maximum atomic E-state index is 13.7. The molecule has 2 heterocycles. The predicted octanol–water partition coefficient (Wildman–Crippen LogP) is 1.76. The van der Waals surface area contributed by atoms with E-state index in [0.717, 1.165) is 5.06 Å². The second-order valence-electron chi connectivity index (χ2n) is 5.55. The van der Waals surface area contributed by atoms with Gasteiger partial charge in [0.2, 0.25) is 11.7 Å². The molecule has 3 atom stereocenters. The van der Waals surface area contributed by atoms with Crippen LogP contribution >= 0.6 is 0 Å². The highest BCUT2D eigenvalue weighted by Gasteiger charge is 2.73. The quantitative estimate of drug-likeness (QED) is 0.837. The topological polar surface area (TPSA) is 59.0 Å². The number of hydroxylamine groups is 2. The van der Waals surface area contributed by atoms with Gasteiger partial charge in [0, 0.05) is 6.54 Å². The molecule has 0 bridgehead atoms. The molecule has 1 fully saturated rings. The van der Waals surface area contributed by atoms with Crippen molar-refractivity contribution in [3.05, 3.63) is 35.4 Å². The summed E-state index contributed by atoms with van der Waals surface area (Å²) in [5.41, 5.74) is -2.36. The van der Waals surface area contributed by atoms with Crippen molar-refractivity contribution in [2.75, 3.05) is 13.2 Å². The lowest BCUT2D eigenvalue weighted by Gasteiger charge is -2.37. The molecule has 126 valence electrons. The van der Waals surface area contributed by atoms with Crippen molar-refractivity contribution in [1.82, 2.24) is 5.06 Å². The number of carbonyl (C=O) groups is 1. The third-order valence-corrected chi connectivity index (χ3v) is 4.25. The van der Waals surface area contributed by atoms with Crippen LogP contribution in [0.25, 0.3) is 0 Å². The van der Waals surface area contributed by atoms with E-state index in [9.17, 15) is 23.1 Å². The van der Waals surface area contributed by atoms with E-state index < -0.39 is 29.9 Å². The van der Waals surface area contributed by atoms with Gasteiger partial charge in [-0.05, 0) is 24.5 Å². The second kappa shape index (κ2) is 5.47.